The molecule has 10 heteroatoms. The Morgan fingerprint density at radius 2 is 1.75 bits per heavy atom. The van der Waals surface area contributed by atoms with Gasteiger partial charge in [0.05, 0.1) is 21.3 Å². The van der Waals surface area contributed by atoms with E-state index in [1.54, 1.807) is 12.1 Å². The number of ether oxygens (including phenoxy) is 5. The average Bonchev–Trinajstić information content (AvgIpc) is 2.96. The molecule has 0 saturated carbocycles. The molecule has 0 spiro atoms. The highest BCUT2D eigenvalue weighted by Crippen LogP contribution is 2.35. The smallest absolute Gasteiger partial charge is 0.377 e. The van der Waals surface area contributed by atoms with Crippen LogP contribution >= 0.6 is 0 Å². The standard InChI is InChI=1S/C18H20O10/c1-24-11-7-13(26-3)12(25-2)6-9(11)4-5-14(20)27-8-10(19)17-15(21)16(22)18(23)28-17/h4-7,10,17,19,21-22H,8H2,1-3H3/b5-4+/t10-,17-/m1/s1. The molecule has 0 radical (unpaired) electrons. The fourth-order valence-electron chi connectivity index (χ4n) is 2.37. The Morgan fingerprint density at radius 1 is 1.14 bits per heavy atom. The summed E-state index contributed by atoms with van der Waals surface area (Å²) in [6, 6.07) is 3.18. The van der Waals surface area contributed by atoms with Crippen molar-refractivity contribution in [2.75, 3.05) is 27.9 Å². The van der Waals surface area contributed by atoms with Crippen molar-refractivity contribution in [1.29, 1.82) is 0 Å². The molecule has 1 aromatic carbocycles. The molecule has 2 rings (SSSR count). The topological polar surface area (TPSA) is 141 Å². The largest absolute Gasteiger partial charge is 0.505 e. The maximum atomic E-state index is 11.9. The fraction of sp³-hybridized carbons (Fsp3) is 0.333. The molecule has 10 nitrogen and oxygen atoms in total. The van der Waals surface area contributed by atoms with Crippen LogP contribution in [0.1, 0.15) is 5.56 Å². The number of methoxy groups -OCH3 is 3. The molecule has 0 aliphatic carbocycles. The number of carbonyl (C=O) groups is 2. The van der Waals surface area contributed by atoms with E-state index < -0.39 is 42.3 Å². The molecule has 0 saturated heterocycles. The molecule has 1 heterocycles. The minimum absolute atomic E-state index is 0.421. The Labute approximate surface area is 160 Å². The van der Waals surface area contributed by atoms with Gasteiger partial charge < -0.3 is 39.0 Å². The normalized spacial score (nSPS) is 17.4. The number of aliphatic hydroxyl groups excluding tert-OH is 3. The fourth-order valence-corrected chi connectivity index (χ4v) is 2.37. The van der Waals surface area contributed by atoms with Crippen molar-refractivity contribution >= 4 is 18.0 Å². The van der Waals surface area contributed by atoms with E-state index in [2.05, 4.69) is 4.74 Å². The van der Waals surface area contributed by atoms with E-state index in [1.807, 2.05) is 0 Å². The molecule has 1 aliphatic heterocycles. The van der Waals surface area contributed by atoms with Crippen LogP contribution in [0.4, 0.5) is 0 Å². The number of aliphatic hydroxyl groups is 3. The predicted molar refractivity (Wildman–Crippen MR) is 94.3 cm³/mol. The summed E-state index contributed by atoms with van der Waals surface area (Å²) in [6.45, 7) is -0.582. The molecule has 0 aromatic heterocycles. The van der Waals surface area contributed by atoms with Crippen LogP contribution in [-0.2, 0) is 19.1 Å². The van der Waals surface area contributed by atoms with Gasteiger partial charge in [-0.2, -0.15) is 0 Å². The number of hydrogen-bond donors (Lipinski definition) is 3. The Hall–Kier alpha value is -3.40. The van der Waals surface area contributed by atoms with Gasteiger partial charge >= 0.3 is 11.9 Å². The third-order valence-electron chi connectivity index (χ3n) is 3.82. The van der Waals surface area contributed by atoms with Crippen molar-refractivity contribution in [2.45, 2.75) is 12.2 Å². The van der Waals surface area contributed by atoms with Gasteiger partial charge in [0, 0.05) is 17.7 Å². The number of cyclic esters (lactones) is 1. The van der Waals surface area contributed by atoms with E-state index in [4.69, 9.17) is 18.9 Å². The Kier molecular flexibility index (Phi) is 6.72. The van der Waals surface area contributed by atoms with Crippen molar-refractivity contribution in [3.63, 3.8) is 0 Å². The molecule has 152 valence electrons. The quantitative estimate of drug-likeness (QED) is 0.428. The molecular weight excluding hydrogens is 376 g/mol. The molecule has 1 aromatic rings. The van der Waals surface area contributed by atoms with Crippen LogP contribution in [0.5, 0.6) is 17.2 Å². The van der Waals surface area contributed by atoms with Gasteiger partial charge in [-0.1, -0.05) is 0 Å². The van der Waals surface area contributed by atoms with Crippen LogP contribution < -0.4 is 14.2 Å². The molecule has 0 bridgehead atoms. The van der Waals surface area contributed by atoms with Crippen LogP contribution in [0.3, 0.4) is 0 Å². The van der Waals surface area contributed by atoms with E-state index >= 15 is 0 Å². The van der Waals surface area contributed by atoms with E-state index in [1.165, 1.54) is 27.4 Å². The van der Waals surface area contributed by atoms with Gasteiger partial charge in [0.2, 0.25) is 5.76 Å². The van der Waals surface area contributed by atoms with Gasteiger partial charge in [-0.05, 0) is 12.1 Å². The Bertz CT molecular complexity index is 811. The first-order chi connectivity index (χ1) is 13.3. The zero-order valence-corrected chi connectivity index (χ0v) is 15.4. The predicted octanol–water partition coefficient (Wildman–Crippen LogP) is 0.883. The lowest BCUT2D eigenvalue weighted by molar-refractivity contribution is -0.151. The van der Waals surface area contributed by atoms with Gasteiger partial charge in [0.15, 0.2) is 23.4 Å². The lowest BCUT2D eigenvalue weighted by Gasteiger charge is -2.16. The lowest BCUT2D eigenvalue weighted by atomic mass is 10.1. The first-order valence-corrected chi connectivity index (χ1v) is 7.98. The molecule has 0 unspecified atom stereocenters. The van der Waals surface area contributed by atoms with E-state index in [0.29, 0.717) is 22.8 Å². The second kappa shape index (κ2) is 9.00. The van der Waals surface area contributed by atoms with Crippen molar-refractivity contribution < 1.29 is 48.6 Å². The second-order valence-corrected chi connectivity index (χ2v) is 5.54. The Morgan fingerprint density at radius 3 is 2.29 bits per heavy atom. The number of esters is 2. The second-order valence-electron chi connectivity index (χ2n) is 5.54. The van der Waals surface area contributed by atoms with Gasteiger partial charge in [0.25, 0.3) is 0 Å². The highest BCUT2D eigenvalue weighted by molar-refractivity contribution is 5.89. The van der Waals surface area contributed by atoms with Crippen LogP contribution in [0, 0.1) is 0 Å². The van der Waals surface area contributed by atoms with Crippen molar-refractivity contribution in [1.82, 2.24) is 0 Å². The van der Waals surface area contributed by atoms with Gasteiger partial charge in [-0.25, -0.2) is 9.59 Å². The Balaban J connectivity index is 2.01. The minimum atomic E-state index is -1.55. The van der Waals surface area contributed by atoms with E-state index in [0.717, 1.165) is 6.08 Å². The molecule has 28 heavy (non-hydrogen) atoms. The summed E-state index contributed by atoms with van der Waals surface area (Å²) in [5.41, 5.74) is 0.507. The summed E-state index contributed by atoms with van der Waals surface area (Å²) in [7, 11) is 4.39. The highest BCUT2D eigenvalue weighted by Gasteiger charge is 2.39. The maximum absolute atomic E-state index is 11.9. The molecular formula is C18H20O10. The van der Waals surface area contributed by atoms with E-state index in [-0.39, 0.29) is 0 Å². The molecule has 2 atom stereocenters. The summed E-state index contributed by atoms with van der Waals surface area (Å²) in [6.07, 6.45) is -0.560. The van der Waals surface area contributed by atoms with Crippen LogP contribution in [0.25, 0.3) is 6.08 Å². The zero-order chi connectivity index (χ0) is 20.8. The summed E-state index contributed by atoms with van der Waals surface area (Å²) < 4.78 is 25.0. The third kappa shape index (κ3) is 4.46. The van der Waals surface area contributed by atoms with Crippen molar-refractivity contribution in [3.05, 3.63) is 35.3 Å². The first-order valence-electron chi connectivity index (χ1n) is 7.98. The van der Waals surface area contributed by atoms with Crippen LogP contribution in [0.15, 0.2) is 29.7 Å². The minimum Gasteiger partial charge on any atom is -0.505 e. The number of carbonyl (C=O) groups excluding carboxylic acids is 2. The maximum Gasteiger partial charge on any atom is 0.377 e. The average molecular weight is 396 g/mol. The molecule has 0 fully saturated rings. The molecule has 1 aliphatic rings. The van der Waals surface area contributed by atoms with Crippen LogP contribution in [0.2, 0.25) is 0 Å². The molecule has 3 N–H and O–H groups in total. The number of hydrogen-bond acceptors (Lipinski definition) is 10. The zero-order valence-electron chi connectivity index (χ0n) is 15.4. The number of benzene rings is 1. The van der Waals surface area contributed by atoms with Gasteiger partial charge in [-0.3, -0.25) is 0 Å². The van der Waals surface area contributed by atoms with Crippen molar-refractivity contribution in [2.24, 2.45) is 0 Å². The van der Waals surface area contributed by atoms with E-state index in [9.17, 15) is 24.9 Å². The SMILES string of the molecule is COc1cc(OC)c(OC)cc1/C=C/C(=O)OC[C@@H](O)[C@H]1OC(=O)C(O)=C1O. The van der Waals surface area contributed by atoms with Gasteiger partial charge in [0.1, 0.15) is 18.5 Å². The monoisotopic (exact) mass is 396 g/mol. The summed E-state index contributed by atoms with van der Waals surface area (Å²) >= 11 is 0. The third-order valence-corrected chi connectivity index (χ3v) is 3.82. The summed E-state index contributed by atoms with van der Waals surface area (Å²) in [5, 5.41) is 28.6. The van der Waals surface area contributed by atoms with Crippen molar-refractivity contribution in [3.8, 4) is 17.2 Å². The van der Waals surface area contributed by atoms with Crippen LogP contribution in [-0.4, -0.2) is 67.4 Å². The summed E-state index contributed by atoms with van der Waals surface area (Å²) in [4.78, 5) is 23.0. The van der Waals surface area contributed by atoms with Gasteiger partial charge in [-0.15, -0.1) is 0 Å². The highest BCUT2D eigenvalue weighted by atomic mass is 16.6. The lowest BCUT2D eigenvalue weighted by Crippen LogP contribution is -2.33. The molecule has 0 amide bonds. The summed E-state index contributed by atoms with van der Waals surface area (Å²) in [5.74, 6) is -2.50. The first kappa shape index (κ1) is 20.9. The number of rotatable bonds is 8.